The molecule has 2 atom stereocenters. The van der Waals surface area contributed by atoms with E-state index >= 15 is 0 Å². The predicted molar refractivity (Wildman–Crippen MR) is 94.3 cm³/mol. The van der Waals surface area contributed by atoms with Crippen LogP contribution in [-0.2, 0) is 9.59 Å². The zero-order valence-electron chi connectivity index (χ0n) is 14.0. The molecular weight excluding hydrogens is 326 g/mol. The lowest BCUT2D eigenvalue weighted by molar-refractivity contribution is -0.125. The van der Waals surface area contributed by atoms with Gasteiger partial charge in [-0.2, -0.15) is 0 Å². The van der Waals surface area contributed by atoms with E-state index in [-0.39, 0.29) is 28.9 Å². The molecular formula is C16H21N5O4. The van der Waals surface area contributed by atoms with Gasteiger partial charge in [-0.05, 0) is 18.1 Å². The molecule has 0 spiro atoms. The maximum Gasteiger partial charge on any atom is 0.272 e. The van der Waals surface area contributed by atoms with E-state index < -0.39 is 29.0 Å². The molecule has 9 heteroatoms. The molecule has 134 valence electrons. The van der Waals surface area contributed by atoms with Gasteiger partial charge in [-0.3, -0.25) is 29.4 Å². The van der Waals surface area contributed by atoms with Gasteiger partial charge >= 0.3 is 0 Å². The number of aromatic amines is 2. The fourth-order valence-corrected chi connectivity index (χ4v) is 2.33. The van der Waals surface area contributed by atoms with E-state index in [1.807, 2.05) is 13.8 Å². The number of benzene rings is 1. The Morgan fingerprint density at radius 3 is 2.56 bits per heavy atom. The average Bonchev–Trinajstić information content (AvgIpc) is 2.61. The topological polar surface area (TPSA) is 150 Å². The molecule has 0 bridgehead atoms. The van der Waals surface area contributed by atoms with Crippen LogP contribution in [0.1, 0.15) is 20.3 Å². The summed E-state index contributed by atoms with van der Waals surface area (Å²) >= 11 is 0. The second kappa shape index (κ2) is 7.75. The maximum absolute atomic E-state index is 12.1. The molecule has 1 aromatic heterocycles. The second-order valence-electron chi connectivity index (χ2n) is 5.81. The Labute approximate surface area is 143 Å². The van der Waals surface area contributed by atoms with Gasteiger partial charge in [-0.15, -0.1) is 0 Å². The summed E-state index contributed by atoms with van der Waals surface area (Å²) in [5.41, 5.74) is 4.98. The first-order chi connectivity index (χ1) is 11.8. The summed E-state index contributed by atoms with van der Waals surface area (Å²) in [5, 5.41) is 9.64. The largest absolute Gasteiger partial charge is 0.346 e. The van der Waals surface area contributed by atoms with Crippen LogP contribution in [0.4, 0.5) is 5.69 Å². The van der Waals surface area contributed by atoms with Gasteiger partial charge in [0.15, 0.2) is 0 Å². The first-order valence-electron chi connectivity index (χ1n) is 7.92. The minimum absolute atomic E-state index is 0.00795. The van der Waals surface area contributed by atoms with Crippen molar-refractivity contribution >= 4 is 28.3 Å². The molecule has 0 aliphatic rings. The quantitative estimate of drug-likeness (QED) is 0.484. The van der Waals surface area contributed by atoms with Crippen LogP contribution >= 0.6 is 0 Å². The Morgan fingerprint density at radius 2 is 1.88 bits per heavy atom. The monoisotopic (exact) mass is 347 g/mol. The van der Waals surface area contributed by atoms with Crippen LogP contribution in [0.2, 0.25) is 0 Å². The normalized spacial score (nSPS) is 13.2. The van der Waals surface area contributed by atoms with Crippen molar-refractivity contribution in [3.05, 3.63) is 38.9 Å². The number of nitrogens with one attached hydrogen (secondary N) is 4. The summed E-state index contributed by atoms with van der Waals surface area (Å²) in [6, 6.07) is 3.83. The molecule has 6 N–H and O–H groups in total. The van der Waals surface area contributed by atoms with Crippen LogP contribution in [0.15, 0.2) is 27.8 Å². The first kappa shape index (κ1) is 18.4. The third-order valence-corrected chi connectivity index (χ3v) is 4.08. The number of amides is 2. The molecule has 0 radical (unpaired) electrons. The van der Waals surface area contributed by atoms with Crippen molar-refractivity contribution in [2.45, 2.75) is 26.3 Å². The van der Waals surface area contributed by atoms with Crippen LogP contribution in [0.25, 0.3) is 10.8 Å². The number of H-pyrrole nitrogens is 2. The zero-order chi connectivity index (χ0) is 18.6. The molecule has 0 aliphatic carbocycles. The molecule has 2 amide bonds. The van der Waals surface area contributed by atoms with E-state index in [4.69, 9.17) is 5.73 Å². The van der Waals surface area contributed by atoms with Crippen molar-refractivity contribution < 1.29 is 9.59 Å². The van der Waals surface area contributed by atoms with Gasteiger partial charge in [-0.25, -0.2) is 0 Å². The van der Waals surface area contributed by atoms with Crippen molar-refractivity contribution in [2.24, 2.45) is 11.7 Å². The lowest BCUT2D eigenvalue weighted by Crippen LogP contribution is -2.46. The third kappa shape index (κ3) is 4.13. The summed E-state index contributed by atoms with van der Waals surface area (Å²) in [6.07, 6.45) is 0.744. The Morgan fingerprint density at radius 1 is 1.20 bits per heavy atom. The van der Waals surface area contributed by atoms with E-state index in [0.717, 1.165) is 6.42 Å². The van der Waals surface area contributed by atoms with Crippen molar-refractivity contribution in [3.63, 3.8) is 0 Å². The highest BCUT2D eigenvalue weighted by molar-refractivity contribution is 6.02. The molecule has 2 rings (SSSR count). The highest BCUT2D eigenvalue weighted by atomic mass is 16.2. The molecule has 25 heavy (non-hydrogen) atoms. The zero-order valence-corrected chi connectivity index (χ0v) is 14.0. The lowest BCUT2D eigenvalue weighted by atomic mass is 9.99. The minimum atomic E-state index is -0.697. The molecule has 2 unspecified atom stereocenters. The fraction of sp³-hybridized carbons (Fsp3) is 0.375. The Kier molecular flexibility index (Phi) is 5.71. The SMILES string of the molecule is CCC(C)C(N)C(=O)NCC(=O)Nc1cccc2c(=O)[nH][nH]c(=O)c12. The number of carbonyl (C=O) groups excluding carboxylic acids is 2. The van der Waals surface area contributed by atoms with Crippen LogP contribution < -0.4 is 27.5 Å². The van der Waals surface area contributed by atoms with Crippen molar-refractivity contribution in [3.8, 4) is 0 Å². The van der Waals surface area contributed by atoms with Gasteiger partial charge in [0.1, 0.15) is 0 Å². The Bertz CT molecular complexity index is 901. The molecule has 1 heterocycles. The van der Waals surface area contributed by atoms with Crippen LogP contribution in [0.5, 0.6) is 0 Å². The Hall–Kier alpha value is -2.94. The van der Waals surface area contributed by atoms with Crippen molar-refractivity contribution in [2.75, 3.05) is 11.9 Å². The van der Waals surface area contributed by atoms with E-state index in [0.29, 0.717) is 0 Å². The summed E-state index contributed by atoms with van der Waals surface area (Å²) in [5.74, 6) is -0.958. The second-order valence-corrected chi connectivity index (χ2v) is 5.81. The molecule has 9 nitrogen and oxygen atoms in total. The molecule has 0 aliphatic heterocycles. The van der Waals surface area contributed by atoms with E-state index in [1.54, 1.807) is 6.07 Å². The van der Waals surface area contributed by atoms with Gasteiger partial charge in [0.05, 0.1) is 29.0 Å². The van der Waals surface area contributed by atoms with Crippen LogP contribution in [-0.4, -0.2) is 34.6 Å². The number of hydrogen-bond acceptors (Lipinski definition) is 5. The number of aromatic nitrogens is 2. The van der Waals surface area contributed by atoms with E-state index in [9.17, 15) is 19.2 Å². The minimum Gasteiger partial charge on any atom is -0.346 e. The van der Waals surface area contributed by atoms with Crippen LogP contribution in [0, 0.1) is 5.92 Å². The van der Waals surface area contributed by atoms with Crippen molar-refractivity contribution in [1.82, 2.24) is 15.5 Å². The van der Waals surface area contributed by atoms with Gasteiger partial charge in [-0.1, -0.05) is 26.3 Å². The highest BCUT2D eigenvalue weighted by Crippen LogP contribution is 2.16. The summed E-state index contributed by atoms with van der Waals surface area (Å²) in [6.45, 7) is 3.48. The number of rotatable bonds is 6. The summed E-state index contributed by atoms with van der Waals surface area (Å²) in [4.78, 5) is 47.6. The Balaban J connectivity index is 2.11. The third-order valence-electron chi connectivity index (χ3n) is 4.08. The van der Waals surface area contributed by atoms with Crippen molar-refractivity contribution in [1.29, 1.82) is 0 Å². The number of hydrogen-bond donors (Lipinski definition) is 5. The lowest BCUT2D eigenvalue weighted by Gasteiger charge is -2.17. The van der Waals surface area contributed by atoms with Gasteiger partial charge < -0.3 is 16.4 Å². The predicted octanol–water partition coefficient (Wildman–Crippen LogP) is -0.355. The first-order valence-corrected chi connectivity index (χ1v) is 7.92. The maximum atomic E-state index is 12.1. The molecule has 2 aromatic rings. The van der Waals surface area contributed by atoms with Gasteiger partial charge in [0.25, 0.3) is 11.1 Å². The molecule has 1 aromatic carbocycles. The fourth-order valence-electron chi connectivity index (χ4n) is 2.33. The van der Waals surface area contributed by atoms with Gasteiger partial charge in [0.2, 0.25) is 11.8 Å². The number of nitrogens with two attached hydrogens (primary N) is 1. The van der Waals surface area contributed by atoms with E-state index in [2.05, 4.69) is 20.8 Å². The standard InChI is InChI=1S/C16H21N5O4/c1-3-8(2)13(17)16(25)18-7-11(22)19-10-6-4-5-9-12(10)15(24)21-20-14(9)23/h4-6,8,13H,3,7,17H2,1-2H3,(H,18,25)(H,19,22)(H,20,23)(H,21,24). The molecule has 0 saturated heterocycles. The smallest absolute Gasteiger partial charge is 0.272 e. The highest BCUT2D eigenvalue weighted by Gasteiger charge is 2.20. The molecule has 0 saturated carbocycles. The van der Waals surface area contributed by atoms with Gasteiger partial charge in [0, 0.05) is 0 Å². The number of anilines is 1. The summed E-state index contributed by atoms with van der Waals surface area (Å²) in [7, 11) is 0. The number of carbonyl (C=O) groups is 2. The molecule has 0 fully saturated rings. The van der Waals surface area contributed by atoms with Crippen LogP contribution in [0.3, 0.4) is 0 Å². The summed E-state index contributed by atoms with van der Waals surface area (Å²) < 4.78 is 0. The van der Waals surface area contributed by atoms with E-state index in [1.165, 1.54) is 12.1 Å². The average molecular weight is 347 g/mol. The number of fused-ring (bicyclic) bond motifs is 1.